The second-order valence-corrected chi connectivity index (χ2v) is 4.98. The minimum atomic E-state index is 0.262. The zero-order valence-corrected chi connectivity index (χ0v) is 12.7. The van der Waals surface area contributed by atoms with Crippen LogP contribution in [-0.2, 0) is 6.42 Å². The maximum absolute atomic E-state index is 7.58. The van der Waals surface area contributed by atoms with E-state index in [0.29, 0.717) is 17.3 Å². The highest BCUT2D eigenvalue weighted by Crippen LogP contribution is 2.16. The van der Waals surface area contributed by atoms with E-state index < -0.39 is 0 Å². The van der Waals surface area contributed by atoms with Crippen LogP contribution in [0.1, 0.15) is 11.1 Å². The van der Waals surface area contributed by atoms with Crippen LogP contribution in [0, 0.1) is 5.41 Å². The van der Waals surface area contributed by atoms with Crippen LogP contribution >= 0.6 is 15.9 Å². The Morgan fingerprint density at radius 2 is 2.05 bits per heavy atom. The lowest BCUT2D eigenvalue weighted by Crippen LogP contribution is -2.10. The van der Waals surface area contributed by atoms with E-state index in [1.165, 1.54) is 5.56 Å². The lowest BCUT2D eigenvalue weighted by Gasteiger charge is -2.09. The number of benzene rings is 1. The predicted octanol–water partition coefficient (Wildman–Crippen LogP) is 2.89. The molecule has 1 heterocycles. The molecular formula is C14H16BrN5. The summed E-state index contributed by atoms with van der Waals surface area (Å²) in [6.45, 7) is 0.762. The molecular weight excluding hydrogens is 318 g/mol. The Kier molecular flexibility index (Phi) is 5.06. The molecule has 6 heteroatoms. The third kappa shape index (κ3) is 3.77. The van der Waals surface area contributed by atoms with Crippen molar-refractivity contribution in [3.05, 3.63) is 47.7 Å². The number of aromatic nitrogens is 2. The smallest absolute Gasteiger partial charge is 0.224 e. The third-order valence-electron chi connectivity index (χ3n) is 2.80. The SMILES string of the molecule is CNc1nc(NCCc2ccccc2)ncc1C(=N)Br. The second-order valence-electron chi connectivity index (χ2n) is 4.18. The molecule has 3 N–H and O–H groups in total. The summed E-state index contributed by atoms with van der Waals surface area (Å²) in [6, 6.07) is 10.3. The first-order valence-electron chi connectivity index (χ1n) is 6.27. The van der Waals surface area contributed by atoms with Gasteiger partial charge in [-0.2, -0.15) is 4.98 Å². The van der Waals surface area contributed by atoms with Crippen LogP contribution in [0.25, 0.3) is 0 Å². The lowest BCUT2D eigenvalue weighted by molar-refractivity contribution is 0.983. The summed E-state index contributed by atoms with van der Waals surface area (Å²) in [4.78, 5) is 8.55. The van der Waals surface area contributed by atoms with Crippen molar-refractivity contribution >= 4 is 32.3 Å². The van der Waals surface area contributed by atoms with Crippen LogP contribution in [0.3, 0.4) is 0 Å². The zero-order chi connectivity index (χ0) is 14.4. The Labute approximate surface area is 126 Å². The first-order chi connectivity index (χ1) is 9.70. The molecule has 0 saturated carbocycles. The van der Waals surface area contributed by atoms with Gasteiger partial charge in [-0.1, -0.05) is 30.3 Å². The molecule has 0 unspecified atom stereocenters. The van der Waals surface area contributed by atoms with Crippen LogP contribution < -0.4 is 10.6 Å². The van der Waals surface area contributed by atoms with Crippen molar-refractivity contribution in [3.63, 3.8) is 0 Å². The number of nitrogens with zero attached hydrogens (tertiary/aromatic N) is 2. The van der Waals surface area contributed by atoms with Gasteiger partial charge in [0.25, 0.3) is 0 Å². The van der Waals surface area contributed by atoms with Gasteiger partial charge in [0.1, 0.15) is 10.4 Å². The maximum Gasteiger partial charge on any atom is 0.224 e. The van der Waals surface area contributed by atoms with Gasteiger partial charge in [0, 0.05) is 19.8 Å². The van der Waals surface area contributed by atoms with Crippen LogP contribution in [0.15, 0.2) is 36.5 Å². The second kappa shape index (κ2) is 7.00. The Morgan fingerprint density at radius 1 is 1.30 bits per heavy atom. The molecule has 0 fully saturated rings. The summed E-state index contributed by atoms with van der Waals surface area (Å²) < 4.78 is 0.262. The van der Waals surface area contributed by atoms with Gasteiger partial charge in [-0.05, 0) is 27.9 Å². The van der Waals surface area contributed by atoms with Crippen molar-refractivity contribution in [3.8, 4) is 0 Å². The summed E-state index contributed by atoms with van der Waals surface area (Å²) in [7, 11) is 1.77. The quantitative estimate of drug-likeness (QED) is 0.710. The van der Waals surface area contributed by atoms with Crippen LogP contribution in [0.5, 0.6) is 0 Å². The van der Waals surface area contributed by atoms with E-state index in [9.17, 15) is 0 Å². The molecule has 0 spiro atoms. The van der Waals surface area contributed by atoms with Gasteiger partial charge in [-0.3, -0.25) is 5.41 Å². The van der Waals surface area contributed by atoms with E-state index in [0.717, 1.165) is 13.0 Å². The molecule has 20 heavy (non-hydrogen) atoms. The number of hydrogen-bond acceptors (Lipinski definition) is 5. The number of hydrogen-bond donors (Lipinski definition) is 3. The Morgan fingerprint density at radius 3 is 2.70 bits per heavy atom. The standard InChI is InChI=1S/C14H16BrN5/c1-17-13-11(12(15)16)9-19-14(20-13)18-8-7-10-5-3-2-4-6-10/h2-6,9,16H,7-8H2,1H3,(H2,17,18,19,20). The fourth-order valence-corrected chi connectivity index (χ4v) is 2.07. The summed E-state index contributed by atoms with van der Waals surface area (Å²) in [6.07, 6.45) is 2.54. The molecule has 1 aromatic heterocycles. The normalized spacial score (nSPS) is 10.1. The van der Waals surface area contributed by atoms with Gasteiger partial charge < -0.3 is 10.6 Å². The van der Waals surface area contributed by atoms with Crippen LogP contribution in [0.4, 0.5) is 11.8 Å². The van der Waals surface area contributed by atoms with E-state index >= 15 is 0 Å². The molecule has 0 saturated heterocycles. The summed E-state index contributed by atoms with van der Waals surface area (Å²) >= 11 is 3.12. The van der Waals surface area contributed by atoms with Crippen LogP contribution in [0.2, 0.25) is 0 Å². The van der Waals surface area contributed by atoms with Crippen molar-refractivity contribution in [1.82, 2.24) is 9.97 Å². The summed E-state index contributed by atoms with van der Waals surface area (Å²) in [5, 5.41) is 13.7. The van der Waals surface area contributed by atoms with Crippen molar-refractivity contribution in [2.75, 3.05) is 24.2 Å². The minimum absolute atomic E-state index is 0.262. The molecule has 0 radical (unpaired) electrons. The summed E-state index contributed by atoms with van der Waals surface area (Å²) in [5.41, 5.74) is 1.91. The Balaban J connectivity index is 1.98. The van der Waals surface area contributed by atoms with E-state index in [2.05, 4.69) is 48.7 Å². The number of halogens is 1. The zero-order valence-electron chi connectivity index (χ0n) is 11.2. The Bertz CT molecular complexity index is 585. The van der Waals surface area contributed by atoms with Gasteiger partial charge in [0.15, 0.2) is 0 Å². The molecule has 104 valence electrons. The van der Waals surface area contributed by atoms with Gasteiger partial charge >= 0.3 is 0 Å². The van der Waals surface area contributed by atoms with E-state index in [-0.39, 0.29) is 4.62 Å². The average molecular weight is 334 g/mol. The number of anilines is 2. The van der Waals surface area contributed by atoms with E-state index in [1.54, 1.807) is 13.2 Å². The lowest BCUT2D eigenvalue weighted by atomic mass is 10.1. The first kappa shape index (κ1) is 14.5. The van der Waals surface area contributed by atoms with Crippen LogP contribution in [-0.4, -0.2) is 28.2 Å². The molecule has 1 aromatic carbocycles. The molecule has 5 nitrogen and oxygen atoms in total. The predicted molar refractivity (Wildman–Crippen MR) is 86.0 cm³/mol. The monoisotopic (exact) mass is 333 g/mol. The minimum Gasteiger partial charge on any atom is -0.372 e. The highest BCUT2D eigenvalue weighted by Gasteiger charge is 2.08. The molecule has 0 aliphatic heterocycles. The van der Waals surface area contributed by atoms with E-state index in [4.69, 9.17) is 5.41 Å². The van der Waals surface area contributed by atoms with Crippen molar-refractivity contribution in [2.24, 2.45) is 0 Å². The maximum atomic E-state index is 7.58. The fourth-order valence-electron chi connectivity index (χ4n) is 1.78. The first-order valence-corrected chi connectivity index (χ1v) is 7.07. The van der Waals surface area contributed by atoms with Crippen molar-refractivity contribution in [1.29, 1.82) is 5.41 Å². The summed E-state index contributed by atoms with van der Waals surface area (Å²) in [5.74, 6) is 1.19. The third-order valence-corrected chi connectivity index (χ3v) is 3.23. The molecule has 0 aliphatic carbocycles. The van der Waals surface area contributed by atoms with Gasteiger partial charge in [0.05, 0.1) is 5.56 Å². The molecule has 0 amide bonds. The number of rotatable bonds is 6. The largest absolute Gasteiger partial charge is 0.372 e. The topological polar surface area (TPSA) is 73.7 Å². The molecule has 2 rings (SSSR count). The van der Waals surface area contributed by atoms with Crippen molar-refractivity contribution in [2.45, 2.75) is 6.42 Å². The van der Waals surface area contributed by atoms with Crippen molar-refractivity contribution < 1.29 is 0 Å². The van der Waals surface area contributed by atoms with Gasteiger partial charge in [0.2, 0.25) is 5.95 Å². The fraction of sp³-hybridized carbons (Fsp3) is 0.214. The highest BCUT2D eigenvalue weighted by atomic mass is 79.9. The van der Waals surface area contributed by atoms with E-state index in [1.807, 2.05) is 18.2 Å². The molecule has 0 atom stereocenters. The average Bonchev–Trinajstić information content (AvgIpc) is 2.48. The van der Waals surface area contributed by atoms with Gasteiger partial charge in [-0.15, -0.1) is 0 Å². The highest BCUT2D eigenvalue weighted by molar-refractivity contribution is 9.18. The Hall–Kier alpha value is -1.95. The van der Waals surface area contributed by atoms with Gasteiger partial charge in [-0.25, -0.2) is 4.98 Å². The molecule has 0 aliphatic rings. The molecule has 0 bridgehead atoms. The molecule has 2 aromatic rings. The number of nitrogens with one attached hydrogen (secondary N) is 3.